The summed E-state index contributed by atoms with van der Waals surface area (Å²) >= 11 is 0. The van der Waals surface area contributed by atoms with E-state index in [1.54, 1.807) is 6.07 Å². The second-order valence-corrected chi connectivity index (χ2v) is 7.41. The molecule has 2 aromatic carbocycles. The zero-order valence-corrected chi connectivity index (χ0v) is 16.6. The molecule has 0 saturated carbocycles. The van der Waals surface area contributed by atoms with E-state index in [4.69, 9.17) is 5.26 Å². The Morgan fingerprint density at radius 3 is 2.53 bits per heavy atom. The Bertz CT molecular complexity index is 1320. The Labute approximate surface area is 171 Å². The van der Waals surface area contributed by atoms with Gasteiger partial charge < -0.3 is 5.32 Å². The molecule has 0 aliphatic carbocycles. The van der Waals surface area contributed by atoms with Crippen LogP contribution in [0.15, 0.2) is 39.9 Å². The summed E-state index contributed by atoms with van der Waals surface area (Å²) in [6, 6.07) is 11.4. The molecule has 2 N–H and O–H groups in total. The largest absolute Gasteiger partial charge is 0.349 e. The van der Waals surface area contributed by atoms with Gasteiger partial charge in [-0.25, -0.2) is 4.79 Å². The van der Waals surface area contributed by atoms with Crippen LogP contribution in [0.5, 0.6) is 0 Å². The molecule has 3 aromatic rings. The molecule has 1 amide bonds. The second-order valence-electron chi connectivity index (χ2n) is 7.41. The number of anilines is 1. The molecule has 8 heteroatoms. The minimum atomic E-state index is -0.799. The van der Waals surface area contributed by atoms with Crippen molar-refractivity contribution >= 4 is 11.6 Å². The maximum Gasteiger partial charge on any atom is 0.349 e. The van der Waals surface area contributed by atoms with E-state index < -0.39 is 11.2 Å². The average molecular weight is 401 g/mol. The first-order valence-electron chi connectivity index (χ1n) is 9.51. The Kier molecular flexibility index (Phi) is 4.80. The van der Waals surface area contributed by atoms with Crippen LogP contribution in [-0.4, -0.2) is 20.7 Å². The van der Waals surface area contributed by atoms with Crippen LogP contribution < -0.4 is 16.6 Å². The van der Waals surface area contributed by atoms with Gasteiger partial charge in [-0.3, -0.25) is 14.6 Å². The minimum Gasteiger partial charge on any atom is -0.326 e. The zero-order chi connectivity index (χ0) is 21.4. The summed E-state index contributed by atoms with van der Waals surface area (Å²) in [5, 5.41) is 15.8. The standard InChI is InChI=1S/C22H19N5O3/c1-12-7-16(27-22(30)25-21(29)19(11-23)26-27)8-13(2)17(12)10-14-3-5-18-15(9-14)4-6-20(28)24-18/h3,5,7-9H,4,6,10H2,1-2H3,(H,24,28)(H,25,29,30). The van der Waals surface area contributed by atoms with Crippen LogP contribution in [0.2, 0.25) is 0 Å². The van der Waals surface area contributed by atoms with Crippen molar-refractivity contribution in [2.24, 2.45) is 0 Å². The number of carbonyl (C=O) groups is 1. The fourth-order valence-electron chi connectivity index (χ4n) is 3.77. The van der Waals surface area contributed by atoms with Crippen LogP contribution in [0.1, 0.15) is 39.9 Å². The normalized spacial score (nSPS) is 12.8. The number of amides is 1. The molecule has 0 saturated heterocycles. The maximum absolute atomic E-state index is 12.2. The van der Waals surface area contributed by atoms with Crippen molar-refractivity contribution in [2.45, 2.75) is 33.1 Å². The number of H-pyrrole nitrogens is 1. The van der Waals surface area contributed by atoms with E-state index in [0.717, 1.165) is 44.6 Å². The molecule has 8 nitrogen and oxygen atoms in total. The summed E-state index contributed by atoms with van der Waals surface area (Å²) in [7, 11) is 0. The highest BCUT2D eigenvalue weighted by Gasteiger charge is 2.16. The van der Waals surface area contributed by atoms with E-state index >= 15 is 0 Å². The lowest BCUT2D eigenvalue weighted by Crippen LogP contribution is -2.33. The molecule has 0 fully saturated rings. The van der Waals surface area contributed by atoms with Gasteiger partial charge in [-0.1, -0.05) is 12.1 Å². The number of fused-ring (bicyclic) bond motifs is 1. The van der Waals surface area contributed by atoms with Crippen molar-refractivity contribution in [2.75, 3.05) is 5.32 Å². The van der Waals surface area contributed by atoms with E-state index in [1.165, 1.54) is 0 Å². The van der Waals surface area contributed by atoms with E-state index in [0.29, 0.717) is 18.5 Å². The molecule has 0 bridgehead atoms. The summed E-state index contributed by atoms with van der Waals surface area (Å²) in [5.41, 5.74) is 4.82. The van der Waals surface area contributed by atoms with Gasteiger partial charge in [0.05, 0.1) is 5.69 Å². The molecule has 0 unspecified atom stereocenters. The van der Waals surface area contributed by atoms with Crippen LogP contribution >= 0.6 is 0 Å². The van der Waals surface area contributed by atoms with Crippen LogP contribution in [0.3, 0.4) is 0 Å². The lowest BCUT2D eigenvalue weighted by Gasteiger charge is -2.18. The van der Waals surface area contributed by atoms with Crippen molar-refractivity contribution in [3.8, 4) is 11.8 Å². The van der Waals surface area contributed by atoms with Crippen molar-refractivity contribution in [3.63, 3.8) is 0 Å². The van der Waals surface area contributed by atoms with Gasteiger partial charge >= 0.3 is 5.69 Å². The van der Waals surface area contributed by atoms with Gasteiger partial charge in [-0.2, -0.15) is 9.94 Å². The van der Waals surface area contributed by atoms with Crippen molar-refractivity contribution in [1.29, 1.82) is 5.26 Å². The van der Waals surface area contributed by atoms with Crippen LogP contribution in [0.25, 0.3) is 5.69 Å². The first-order chi connectivity index (χ1) is 14.4. The van der Waals surface area contributed by atoms with Gasteiger partial charge in [0.1, 0.15) is 6.07 Å². The Morgan fingerprint density at radius 2 is 1.83 bits per heavy atom. The highest BCUT2D eigenvalue weighted by Crippen LogP contribution is 2.27. The topological polar surface area (TPSA) is 121 Å². The van der Waals surface area contributed by atoms with Crippen molar-refractivity contribution in [1.82, 2.24) is 14.8 Å². The lowest BCUT2D eigenvalue weighted by molar-refractivity contribution is -0.116. The SMILES string of the molecule is Cc1cc(-n2nc(C#N)c(=O)[nH]c2=O)cc(C)c1Cc1ccc2c(c1)CCC(=O)N2. The van der Waals surface area contributed by atoms with Gasteiger partial charge in [-0.05, 0) is 72.7 Å². The predicted octanol–water partition coefficient (Wildman–Crippen LogP) is 1.88. The third-order valence-electron chi connectivity index (χ3n) is 5.31. The smallest absolute Gasteiger partial charge is 0.326 e. The fourth-order valence-corrected chi connectivity index (χ4v) is 3.77. The number of nitrogens with one attached hydrogen (secondary N) is 2. The Morgan fingerprint density at radius 1 is 1.10 bits per heavy atom. The summed E-state index contributed by atoms with van der Waals surface area (Å²) in [4.78, 5) is 37.4. The molecule has 0 radical (unpaired) electrons. The van der Waals surface area contributed by atoms with Crippen LogP contribution in [0, 0.1) is 25.2 Å². The highest BCUT2D eigenvalue weighted by atomic mass is 16.2. The third kappa shape index (κ3) is 3.53. The van der Waals surface area contributed by atoms with Crippen molar-refractivity contribution < 1.29 is 4.79 Å². The van der Waals surface area contributed by atoms with Gasteiger partial charge in [-0.15, -0.1) is 5.10 Å². The number of hydrogen-bond donors (Lipinski definition) is 2. The molecule has 4 rings (SSSR count). The van der Waals surface area contributed by atoms with E-state index in [-0.39, 0.29) is 11.6 Å². The first kappa shape index (κ1) is 19.3. The third-order valence-corrected chi connectivity index (χ3v) is 5.31. The summed E-state index contributed by atoms with van der Waals surface area (Å²) in [6.45, 7) is 3.90. The van der Waals surface area contributed by atoms with Gasteiger partial charge in [0.15, 0.2) is 0 Å². The Hall–Kier alpha value is -3.99. The minimum absolute atomic E-state index is 0.0446. The van der Waals surface area contributed by atoms with Gasteiger partial charge in [0.2, 0.25) is 11.6 Å². The number of carbonyl (C=O) groups excluding carboxylic acids is 1. The van der Waals surface area contributed by atoms with E-state index in [9.17, 15) is 14.4 Å². The number of aromatic nitrogens is 3. The van der Waals surface area contributed by atoms with E-state index in [1.807, 2.05) is 38.1 Å². The number of rotatable bonds is 3. The monoisotopic (exact) mass is 401 g/mol. The molecule has 0 atom stereocenters. The summed E-state index contributed by atoms with van der Waals surface area (Å²) < 4.78 is 1.03. The molecule has 0 spiro atoms. The number of benzene rings is 2. The van der Waals surface area contributed by atoms with Gasteiger partial charge in [0, 0.05) is 12.1 Å². The maximum atomic E-state index is 12.2. The summed E-state index contributed by atoms with van der Waals surface area (Å²) in [6.07, 6.45) is 1.93. The predicted molar refractivity (Wildman–Crippen MR) is 111 cm³/mol. The number of aromatic amines is 1. The second kappa shape index (κ2) is 7.44. The first-order valence-corrected chi connectivity index (χ1v) is 9.51. The number of aryl methyl sites for hydroxylation is 3. The summed E-state index contributed by atoms with van der Waals surface area (Å²) in [5.74, 6) is 0.0446. The Balaban J connectivity index is 1.70. The molecular formula is C22H19N5O3. The molecule has 150 valence electrons. The molecule has 30 heavy (non-hydrogen) atoms. The number of hydrogen-bond acceptors (Lipinski definition) is 5. The van der Waals surface area contributed by atoms with Crippen LogP contribution in [-0.2, 0) is 17.6 Å². The van der Waals surface area contributed by atoms with E-state index in [2.05, 4.69) is 21.5 Å². The number of nitrogens with zero attached hydrogens (tertiary/aromatic N) is 3. The molecule has 1 aliphatic rings. The lowest BCUT2D eigenvalue weighted by atomic mass is 9.93. The quantitative estimate of drug-likeness (QED) is 0.694. The molecule has 1 aliphatic heterocycles. The fraction of sp³-hybridized carbons (Fsp3) is 0.227. The van der Waals surface area contributed by atoms with Gasteiger partial charge in [0.25, 0.3) is 5.56 Å². The van der Waals surface area contributed by atoms with Crippen LogP contribution in [0.4, 0.5) is 5.69 Å². The average Bonchev–Trinajstić information content (AvgIpc) is 2.70. The van der Waals surface area contributed by atoms with Crippen molar-refractivity contribution in [3.05, 3.63) is 84.7 Å². The molecule has 1 aromatic heterocycles. The zero-order valence-electron chi connectivity index (χ0n) is 16.6. The number of nitriles is 1. The highest BCUT2D eigenvalue weighted by molar-refractivity contribution is 5.93. The molecular weight excluding hydrogens is 382 g/mol. The molecule has 2 heterocycles.